The average Bonchev–Trinajstić information content (AvgIpc) is 3.29. The van der Waals surface area contributed by atoms with E-state index in [0.717, 1.165) is 62.8 Å². The van der Waals surface area contributed by atoms with E-state index in [2.05, 4.69) is 34.3 Å². The number of halogens is 1. The van der Waals surface area contributed by atoms with E-state index in [1.165, 1.54) is 4.31 Å². The highest BCUT2D eigenvalue weighted by Crippen LogP contribution is 2.41. The molecule has 1 aliphatic carbocycles. The molecule has 3 aliphatic heterocycles. The highest BCUT2D eigenvalue weighted by molar-refractivity contribution is 7.98. The first-order chi connectivity index (χ1) is 25.7. The third-order valence-corrected chi connectivity index (χ3v) is 12.3. The van der Waals surface area contributed by atoms with Gasteiger partial charge in [0.15, 0.2) is 0 Å². The quantitative estimate of drug-likeness (QED) is 0.178. The molecule has 54 heavy (non-hydrogen) atoms. The minimum atomic E-state index is -0.986. The molecule has 4 fully saturated rings. The molecule has 2 aromatic carbocycles. The number of anilines is 1. The van der Waals surface area contributed by atoms with Crippen LogP contribution in [0.2, 0.25) is 5.02 Å². The normalized spacial score (nSPS) is 26.5. The lowest BCUT2D eigenvalue weighted by Crippen LogP contribution is -2.58. The second-order valence-electron chi connectivity index (χ2n) is 15.3. The minimum absolute atomic E-state index is 0.0735. The standard InChI is InChI=1S/C39H48ClN7O6S/c1-24-21-44(22-25(2)45(24)23-35(49)42-28-8-5-26(6-9-28)32-15-16-34(48)43-36(32)50)17-18-53-30-12-10-29(11-13-30)46-38(52)47(37(51)39(46,3)4)54-31-14-7-27(20-41)33(40)19-31/h5-9,14,19,24-25,29-30,32H,10-13,15-18,21-23H2,1-4H3,(H,42,49)(H,43,48,50)/t24-,25+,29?,30?,32?. The van der Waals surface area contributed by atoms with Gasteiger partial charge in [-0.15, -0.1) is 0 Å². The van der Waals surface area contributed by atoms with Crippen LogP contribution in [0, 0.1) is 11.3 Å². The van der Waals surface area contributed by atoms with Gasteiger partial charge in [0.25, 0.3) is 5.91 Å². The predicted molar refractivity (Wildman–Crippen MR) is 204 cm³/mol. The van der Waals surface area contributed by atoms with E-state index >= 15 is 0 Å². The van der Waals surface area contributed by atoms with E-state index in [-0.39, 0.29) is 71.4 Å². The van der Waals surface area contributed by atoms with E-state index in [1.807, 2.05) is 18.2 Å². The lowest BCUT2D eigenvalue weighted by Gasteiger charge is -2.44. The van der Waals surface area contributed by atoms with Crippen LogP contribution in [0.25, 0.3) is 0 Å². The number of piperazine rings is 1. The van der Waals surface area contributed by atoms with Gasteiger partial charge in [0.2, 0.25) is 17.7 Å². The summed E-state index contributed by atoms with van der Waals surface area (Å²) in [5.74, 6) is -1.26. The third kappa shape index (κ3) is 8.76. The Hall–Kier alpha value is -4.00. The van der Waals surface area contributed by atoms with Crippen LogP contribution in [0.3, 0.4) is 0 Å². The van der Waals surface area contributed by atoms with E-state index < -0.39 is 5.54 Å². The molecular weight excluding hydrogens is 730 g/mol. The fourth-order valence-corrected chi connectivity index (χ4v) is 9.44. The van der Waals surface area contributed by atoms with Gasteiger partial charge in [-0.1, -0.05) is 23.7 Å². The fourth-order valence-electron chi connectivity index (χ4n) is 8.17. The molecule has 3 heterocycles. The molecule has 0 spiro atoms. The highest BCUT2D eigenvalue weighted by Gasteiger charge is 2.54. The van der Waals surface area contributed by atoms with E-state index in [0.29, 0.717) is 35.6 Å². The molecule has 15 heteroatoms. The van der Waals surface area contributed by atoms with Crippen molar-refractivity contribution in [2.24, 2.45) is 0 Å². The Morgan fingerprint density at radius 1 is 1.02 bits per heavy atom. The van der Waals surface area contributed by atoms with Gasteiger partial charge in [-0.2, -0.15) is 9.57 Å². The maximum atomic E-state index is 13.6. The van der Waals surface area contributed by atoms with E-state index in [1.54, 1.807) is 49.1 Å². The molecule has 1 saturated carbocycles. The van der Waals surface area contributed by atoms with E-state index in [4.69, 9.17) is 16.3 Å². The maximum absolute atomic E-state index is 13.6. The lowest BCUT2D eigenvalue weighted by molar-refractivity contribution is -0.134. The second kappa shape index (κ2) is 16.8. The summed E-state index contributed by atoms with van der Waals surface area (Å²) in [5, 5.41) is 14.8. The third-order valence-electron chi connectivity index (χ3n) is 11.1. The Morgan fingerprint density at radius 2 is 1.70 bits per heavy atom. The number of carbonyl (C=O) groups excluding carboxylic acids is 5. The molecule has 13 nitrogen and oxygen atoms in total. The van der Waals surface area contributed by atoms with Crippen molar-refractivity contribution in [1.29, 1.82) is 5.26 Å². The maximum Gasteiger partial charge on any atom is 0.338 e. The molecule has 6 amide bonds. The van der Waals surface area contributed by atoms with Crippen molar-refractivity contribution < 1.29 is 28.7 Å². The highest BCUT2D eigenvalue weighted by atomic mass is 35.5. The van der Waals surface area contributed by atoms with Gasteiger partial charge < -0.3 is 15.0 Å². The Morgan fingerprint density at radius 3 is 2.33 bits per heavy atom. The summed E-state index contributed by atoms with van der Waals surface area (Å²) in [7, 11) is 0. The molecule has 2 N–H and O–H groups in total. The number of nitrogens with zero attached hydrogens (tertiary/aromatic N) is 5. The molecular formula is C39H48ClN7O6S. The van der Waals surface area contributed by atoms with Crippen LogP contribution in [-0.2, 0) is 23.9 Å². The van der Waals surface area contributed by atoms with Crippen molar-refractivity contribution in [1.82, 2.24) is 24.3 Å². The summed E-state index contributed by atoms with van der Waals surface area (Å²) >= 11 is 7.23. The Balaban J connectivity index is 0.916. The lowest BCUT2D eigenvalue weighted by atomic mass is 9.89. The van der Waals surface area contributed by atoms with Crippen molar-refractivity contribution in [3.63, 3.8) is 0 Å². The summed E-state index contributed by atoms with van der Waals surface area (Å²) < 4.78 is 7.54. The monoisotopic (exact) mass is 777 g/mol. The number of carbonyl (C=O) groups is 5. The summed E-state index contributed by atoms with van der Waals surface area (Å²) in [6, 6.07) is 14.1. The summed E-state index contributed by atoms with van der Waals surface area (Å²) in [4.78, 5) is 70.7. The Bertz CT molecular complexity index is 1800. The van der Waals surface area contributed by atoms with Crippen LogP contribution in [-0.4, -0.2) is 111 Å². The largest absolute Gasteiger partial charge is 0.377 e. The molecule has 3 atom stereocenters. The zero-order valence-electron chi connectivity index (χ0n) is 31.2. The predicted octanol–water partition coefficient (Wildman–Crippen LogP) is 5.14. The first-order valence-corrected chi connectivity index (χ1v) is 19.8. The van der Waals surface area contributed by atoms with E-state index in [9.17, 15) is 29.2 Å². The number of urea groups is 1. The molecule has 1 unspecified atom stereocenters. The topological polar surface area (TPSA) is 155 Å². The van der Waals surface area contributed by atoms with Crippen molar-refractivity contribution in [3.8, 4) is 6.07 Å². The number of nitrogens with one attached hydrogen (secondary N) is 2. The minimum Gasteiger partial charge on any atom is -0.377 e. The molecule has 3 saturated heterocycles. The zero-order valence-corrected chi connectivity index (χ0v) is 32.8. The van der Waals surface area contributed by atoms with Gasteiger partial charge >= 0.3 is 6.03 Å². The van der Waals surface area contributed by atoms with Gasteiger partial charge in [0.1, 0.15) is 11.6 Å². The molecule has 0 bridgehead atoms. The number of hydrogen-bond acceptors (Lipinski definition) is 10. The van der Waals surface area contributed by atoms with Crippen LogP contribution in [0.5, 0.6) is 0 Å². The van der Waals surface area contributed by atoms with Gasteiger partial charge in [-0.25, -0.2) is 4.79 Å². The van der Waals surface area contributed by atoms with Crippen LogP contribution in [0.1, 0.15) is 83.3 Å². The van der Waals surface area contributed by atoms with Crippen molar-refractivity contribution in [2.75, 3.05) is 38.1 Å². The Kier molecular flexibility index (Phi) is 12.3. The van der Waals surface area contributed by atoms with Gasteiger partial charge in [-0.05, 0) is 108 Å². The first-order valence-electron chi connectivity index (χ1n) is 18.6. The number of piperidine rings is 1. The van der Waals surface area contributed by atoms with Crippen LogP contribution in [0.15, 0.2) is 47.4 Å². The van der Waals surface area contributed by atoms with Crippen molar-refractivity contribution in [3.05, 3.63) is 58.6 Å². The number of ether oxygens (including phenoxy) is 1. The zero-order chi connectivity index (χ0) is 38.7. The number of hydrogen-bond donors (Lipinski definition) is 2. The summed E-state index contributed by atoms with van der Waals surface area (Å²) in [6.07, 6.45) is 3.97. The SMILES string of the molecule is C[C@@H]1CN(CCOC2CCC(N3C(=O)N(Sc4ccc(C#N)c(Cl)c4)C(=O)C3(C)C)CC2)C[C@H](C)N1CC(=O)Nc1ccc(C2CCC(=O)NC2=O)cc1. The number of benzene rings is 2. The Labute approximate surface area is 325 Å². The summed E-state index contributed by atoms with van der Waals surface area (Å²) in [6.45, 7) is 11.1. The van der Waals surface area contributed by atoms with Gasteiger partial charge in [-0.3, -0.25) is 34.3 Å². The molecule has 0 aromatic heterocycles. The number of nitriles is 1. The van der Waals surface area contributed by atoms with Crippen LogP contribution >= 0.6 is 23.5 Å². The number of rotatable bonds is 11. The van der Waals surface area contributed by atoms with Gasteiger partial charge in [0.05, 0.1) is 35.8 Å². The molecule has 6 rings (SSSR count). The van der Waals surface area contributed by atoms with Gasteiger partial charge in [0, 0.05) is 54.8 Å². The average molecular weight is 778 g/mol. The van der Waals surface area contributed by atoms with Crippen molar-refractivity contribution >= 4 is 58.9 Å². The summed E-state index contributed by atoms with van der Waals surface area (Å²) in [5.41, 5.74) is 0.835. The molecule has 288 valence electrons. The van der Waals surface area contributed by atoms with Crippen LogP contribution < -0.4 is 10.6 Å². The first kappa shape index (κ1) is 39.7. The molecule has 0 radical (unpaired) electrons. The number of imide groups is 2. The molecule has 4 aliphatic rings. The molecule has 2 aromatic rings. The fraction of sp³-hybridized carbons (Fsp3) is 0.538. The van der Waals surface area contributed by atoms with Crippen molar-refractivity contribution in [2.45, 2.75) is 107 Å². The number of amides is 6. The second-order valence-corrected chi connectivity index (χ2v) is 16.7. The smallest absolute Gasteiger partial charge is 0.338 e. The van der Waals surface area contributed by atoms with Crippen LogP contribution in [0.4, 0.5) is 10.5 Å².